The zero-order valence-electron chi connectivity index (χ0n) is 8.00. The molecule has 1 aromatic carbocycles. The van der Waals surface area contributed by atoms with Crippen LogP contribution >= 0.6 is 39.1 Å². The topological polar surface area (TPSA) is 80.1 Å². The molecule has 0 atom stereocenters. The standard InChI is InChI=1S/C8H4BrNO3.CCl2O/c9-4-1-2-5-6(3-4)10-8(12)13-7(5)11;2-1(3)4/h1-3H,(H,10,12);. The first-order valence-corrected chi connectivity index (χ1v) is 5.62. The van der Waals surface area contributed by atoms with Gasteiger partial charge in [0.1, 0.15) is 0 Å². The lowest BCUT2D eigenvalue weighted by Gasteiger charge is -1.94. The minimum Gasteiger partial charge on any atom is -0.372 e. The summed E-state index contributed by atoms with van der Waals surface area (Å²) in [4.78, 5) is 33.3. The maximum absolute atomic E-state index is 11.1. The highest BCUT2D eigenvalue weighted by Crippen LogP contribution is 2.13. The van der Waals surface area contributed by atoms with Gasteiger partial charge in [0.2, 0.25) is 0 Å². The molecular formula is C9H4BrCl2NO4. The summed E-state index contributed by atoms with van der Waals surface area (Å²) in [6, 6.07) is 4.94. The van der Waals surface area contributed by atoms with Crippen molar-refractivity contribution in [3.8, 4) is 0 Å². The van der Waals surface area contributed by atoms with Gasteiger partial charge in [0.25, 0.3) is 0 Å². The Morgan fingerprint density at radius 1 is 1.29 bits per heavy atom. The summed E-state index contributed by atoms with van der Waals surface area (Å²) in [5, 5.41) is 0.364. The lowest BCUT2D eigenvalue weighted by Crippen LogP contribution is -2.14. The van der Waals surface area contributed by atoms with Gasteiger partial charge in [-0.3, -0.25) is 9.78 Å². The number of rotatable bonds is 0. The van der Waals surface area contributed by atoms with Gasteiger partial charge in [0, 0.05) is 4.47 Å². The van der Waals surface area contributed by atoms with E-state index in [9.17, 15) is 9.59 Å². The maximum Gasteiger partial charge on any atom is 0.419 e. The second-order valence-electron chi connectivity index (χ2n) is 2.72. The van der Waals surface area contributed by atoms with E-state index >= 15 is 0 Å². The summed E-state index contributed by atoms with van der Waals surface area (Å²) in [5.74, 6) is -0.740. The van der Waals surface area contributed by atoms with Gasteiger partial charge in [-0.15, -0.1) is 0 Å². The molecule has 0 spiro atoms. The molecule has 2 aromatic rings. The molecule has 0 fully saturated rings. The molecule has 90 valence electrons. The third kappa shape index (κ3) is 4.33. The van der Waals surface area contributed by atoms with Gasteiger partial charge >= 0.3 is 16.1 Å². The van der Waals surface area contributed by atoms with E-state index in [4.69, 9.17) is 4.79 Å². The Bertz CT molecular complexity index is 660. The number of fused-ring (bicyclic) bond motifs is 1. The summed E-state index contributed by atoms with van der Waals surface area (Å²) in [6.45, 7) is 0. The molecule has 1 N–H and O–H groups in total. The summed E-state index contributed by atoms with van der Waals surface area (Å²) in [6.07, 6.45) is 0. The van der Waals surface area contributed by atoms with E-state index in [1.807, 2.05) is 0 Å². The lowest BCUT2D eigenvalue weighted by atomic mass is 10.2. The smallest absolute Gasteiger partial charge is 0.372 e. The second-order valence-corrected chi connectivity index (χ2v) is 4.51. The van der Waals surface area contributed by atoms with Crippen molar-refractivity contribution in [2.24, 2.45) is 0 Å². The van der Waals surface area contributed by atoms with Crippen LogP contribution < -0.4 is 11.4 Å². The Kier molecular flexibility index (Phi) is 4.92. The first-order chi connectivity index (χ1) is 7.90. The Hall–Kier alpha value is -1.11. The summed E-state index contributed by atoms with van der Waals surface area (Å²) >= 11 is 12.0. The number of benzene rings is 1. The number of H-pyrrole nitrogens is 1. The normalized spacial score (nSPS) is 9.59. The third-order valence-electron chi connectivity index (χ3n) is 1.62. The van der Waals surface area contributed by atoms with E-state index in [-0.39, 0.29) is 0 Å². The molecular weight excluding hydrogens is 337 g/mol. The van der Waals surface area contributed by atoms with Gasteiger partial charge in [0.15, 0.2) is 0 Å². The largest absolute Gasteiger partial charge is 0.419 e. The molecule has 1 aromatic heterocycles. The number of nitrogens with one attached hydrogen (secondary N) is 1. The van der Waals surface area contributed by atoms with Crippen LogP contribution in [0.5, 0.6) is 0 Å². The van der Waals surface area contributed by atoms with Crippen LogP contribution in [0.15, 0.2) is 36.7 Å². The molecule has 0 saturated heterocycles. The highest BCUT2D eigenvalue weighted by atomic mass is 79.9. The number of aromatic nitrogens is 1. The van der Waals surface area contributed by atoms with Crippen LogP contribution in [0.2, 0.25) is 0 Å². The van der Waals surface area contributed by atoms with Crippen molar-refractivity contribution in [1.82, 2.24) is 4.98 Å². The van der Waals surface area contributed by atoms with Crippen LogP contribution in [-0.2, 0) is 0 Å². The number of carbonyl (C=O) groups excluding carboxylic acids is 1. The number of carbonyl (C=O) groups is 1. The van der Waals surface area contributed by atoms with Crippen LogP contribution in [0, 0.1) is 0 Å². The van der Waals surface area contributed by atoms with E-state index in [1.54, 1.807) is 18.2 Å². The Labute approximate surface area is 112 Å². The summed E-state index contributed by atoms with van der Waals surface area (Å²) in [7, 11) is 0. The third-order valence-corrected chi connectivity index (χ3v) is 2.12. The van der Waals surface area contributed by atoms with Crippen molar-refractivity contribution in [3.63, 3.8) is 0 Å². The van der Waals surface area contributed by atoms with Crippen LogP contribution in [0.3, 0.4) is 0 Å². The van der Waals surface area contributed by atoms with Crippen LogP contribution in [0.4, 0.5) is 4.79 Å². The lowest BCUT2D eigenvalue weighted by molar-refractivity contribution is 0.275. The van der Waals surface area contributed by atoms with Crippen molar-refractivity contribution in [2.75, 3.05) is 0 Å². The molecule has 0 aliphatic heterocycles. The average Bonchev–Trinajstić information content (AvgIpc) is 2.14. The van der Waals surface area contributed by atoms with Crippen molar-refractivity contribution in [3.05, 3.63) is 43.6 Å². The molecule has 0 radical (unpaired) electrons. The first kappa shape index (κ1) is 14.0. The SMILES string of the molecule is O=C(Cl)Cl.O=c1[nH]c2cc(Br)ccc2c(=O)o1. The molecule has 0 bridgehead atoms. The van der Waals surface area contributed by atoms with Crippen LogP contribution in [0.25, 0.3) is 10.9 Å². The molecule has 0 aliphatic rings. The van der Waals surface area contributed by atoms with Crippen LogP contribution in [0.1, 0.15) is 0 Å². The van der Waals surface area contributed by atoms with E-state index in [0.29, 0.717) is 10.9 Å². The Morgan fingerprint density at radius 3 is 2.47 bits per heavy atom. The van der Waals surface area contributed by atoms with Crippen molar-refractivity contribution in [2.45, 2.75) is 0 Å². The van der Waals surface area contributed by atoms with Crippen LogP contribution in [-0.4, -0.2) is 9.69 Å². The quantitative estimate of drug-likeness (QED) is 0.748. The minimum absolute atomic E-state index is 0.364. The molecule has 0 amide bonds. The fraction of sp³-hybridized carbons (Fsp3) is 0. The highest BCUT2D eigenvalue weighted by Gasteiger charge is 2.01. The average molecular weight is 341 g/mol. The van der Waals surface area contributed by atoms with Crippen molar-refractivity contribution < 1.29 is 9.21 Å². The van der Waals surface area contributed by atoms with Gasteiger partial charge in [-0.1, -0.05) is 15.9 Å². The number of halogens is 3. The predicted octanol–water partition coefficient (Wildman–Crippen LogP) is 2.83. The molecule has 0 unspecified atom stereocenters. The van der Waals surface area contributed by atoms with Gasteiger partial charge in [-0.05, 0) is 41.4 Å². The molecule has 1 heterocycles. The van der Waals surface area contributed by atoms with Gasteiger partial charge < -0.3 is 4.42 Å². The zero-order valence-corrected chi connectivity index (χ0v) is 11.1. The summed E-state index contributed by atoms with van der Waals surface area (Å²) < 4.78 is 4.25. The number of hydrogen-bond acceptors (Lipinski definition) is 4. The van der Waals surface area contributed by atoms with Gasteiger partial charge in [0.05, 0.1) is 10.9 Å². The van der Waals surface area contributed by atoms with E-state index in [2.05, 4.69) is 48.5 Å². The second kappa shape index (κ2) is 6.00. The maximum atomic E-state index is 11.1. The van der Waals surface area contributed by atoms with Crippen molar-refractivity contribution >= 4 is 54.7 Å². The molecule has 5 nitrogen and oxygen atoms in total. The molecule has 0 saturated carbocycles. The molecule has 0 aliphatic carbocycles. The number of aromatic amines is 1. The molecule has 17 heavy (non-hydrogen) atoms. The van der Waals surface area contributed by atoms with E-state index < -0.39 is 16.1 Å². The zero-order chi connectivity index (χ0) is 13.0. The van der Waals surface area contributed by atoms with E-state index in [1.165, 1.54) is 0 Å². The molecule has 8 heteroatoms. The fourth-order valence-electron chi connectivity index (χ4n) is 1.07. The summed E-state index contributed by atoms with van der Waals surface area (Å²) in [5.41, 5.74) is -0.151. The van der Waals surface area contributed by atoms with Gasteiger partial charge in [-0.2, -0.15) is 0 Å². The van der Waals surface area contributed by atoms with E-state index in [0.717, 1.165) is 4.47 Å². The minimum atomic E-state index is -0.889. The Balaban J connectivity index is 0.000000317. The van der Waals surface area contributed by atoms with Gasteiger partial charge in [-0.25, -0.2) is 9.59 Å². The Morgan fingerprint density at radius 2 is 1.88 bits per heavy atom. The highest BCUT2D eigenvalue weighted by molar-refractivity contribution is 9.10. The molecule has 2 rings (SSSR count). The fourth-order valence-corrected chi connectivity index (χ4v) is 1.43. The predicted molar refractivity (Wildman–Crippen MR) is 67.9 cm³/mol. The number of hydrogen-bond donors (Lipinski definition) is 1. The first-order valence-electron chi connectivity index (χ1n) is 4.08. The monoisotopic (exact) mass is 339 g/mol. The van der Waals surface area contributed by atoms with Crippen molar-refractivity contribution in [1.29, 1.82) is 0 Å².